The predicted octanol–water partition coefficient (Wildman–Crippen LogP) is 5.37. The molecule has 166 valence electrons. The number of carboxylic acid groups (broad SMARTS) is 1. The normalized spacial score (nSPS) is 27.5. The largest absolute Gasteiger partial charge is 0.477 e. The molecule has 30 heavy (non-hydrogen) atoms. The Kier molecular flexibility index (Phi) is 6.78. The third-order valence-corrected chi connectivity index (χ3v) is 8.08. The van der Waals surface area contributed by atoms with Gasteiger partial charge in [0.1, 0.15) is 4.88 Å². The Labute approximate surface area is 183 Å². The molecule has 1 aromatic heterocycles. The van der Waals surface area contributed by atoms with Crippen molar-refractivity contribution >= 4 is 28.9 Å². The molecule has 1 fully saturated rings. The molecule has 0 aromatic carbocycles. The molecule has 6 heteroatoms. The van der Waals surface area contributed by atoms with Crippen LogP contribution >= 0.6 is 11.3 Å². The second-order valence-electron chi connectivity index (χ2n) is 10.1. The Morgan fingerprint density at radius 3 is 2.33 bits per heavy atom. The van der Waals surface area contributed by atoms with Crippen LogP contribution in [-0.4, -0.2) is 34.2 Å². The van der Waals surface area contributed by atoms with Crippen molar-refractivity contribution in [1.82, 2.24) is 0 Å². The summed E-state index contributed by atoms with van der Waals surface area (Å²) < 4.78 is 0. The van der Waals surface area contributed by atoms with Gasteiger partial charge in [-0.3, -0.25) is 4.79 Å². The fourth-order valence-corrected chi connectivity index (χ4v) is 5.76. The van der Waals surface area contributed by atoms with E-state index in [1.165, 1.54) is 16.9 Å². The third-order valence-electron chi connectivity index (χ3n) is 6.54. The molecular formula is C24H35NO4S. The topological polar surface area (TPSA) is 77.8 Å². The van der Waals surface area contributed by atoms with E-state index >= 15 is 0 Å². The van der Waals surface area contributed by atoms with E-state index in [0.717, 1.165) is 11.3 Å². The fraction of sp³-hybridized carbons (Fsp3) is 0.667. The standard InChI is InChI=1S/C24H35NO4S/c1-14-6-11-18(15(2)12-14)22(27)25(16-7-9-17(26)10-8-16)19-13-20(24(3,4)5)30-21(19)23(28)29/h6,13,15-18,26H,7-12H2,1-5H3,(H,28,29)/t15-,16?,17?,18-/m1/s1. The van der Waals surface area contributed by atoms with Crippen LogP contribution < -0.4 is 4.90 Å². The van der Waals surface area contributed by atoms with Gasteiger partial charge in [-0.1, -0.05) is 39.3 Å². The van der Waals surface area contributed by atoms with Crippen LogP contribution in [0.25, 0.3) is 0 Å². The number of rotatable bonds is 4. The van der Waals surface area contributed by atoms with Gasteiger partial charge < -0.3 is 15.1 Å². The minimum Gasteiger partial charge on any atom is -0.477 e. The van der Waals surface area contributed by atoms with Crippen molar-refractivity contribution in [1.29, 1.82) is 0 Å². The first-order valence-electron chi connectivity index (χ1n) is 11.0. The monoisotopic (exact) mass is 433 g/mol. The lowest BCUT2D eigenvalue weighted by molar-refractivity contribution is -0.124. The number of thiophene rings is 1. The number of allylic oxidation sites excluding steroid dienone is 2. The summed E-state index contributed by atoms with van der Waals surface area (Å²) in [5, 5.41) is 19.9. The van der Waals surface area contributed by atoms with Crippen molar-refractivity contribution < 1.29 is 19.8 Å². The lowest BCUT2D eigenvalue weighted by Crippen LogP contribution is -2.48. The molecule has 2 aliphatic carbocycles. The molecule has 5 nitrogen and oxygen atoms in total. The van der Waals surface area contributed by atoms with E-state index in [0.29, 0.717) is 37.8 Å². The molecule has 0 saturated heterocycles. The Morgan fingerprint density at radius 1 is 1.17 bits per heavy atom. The Bertz CT molecular complexity index is 827. The summed E-state index contributed by atoms with van der Waals surface area (Å²) in [6, 6.07) is 1.85. The molecule has 3 rings (SSSR count). The molecule has 1 heterocycles. The average molecular weight is 434 g/mol. The van der Waals surface area contributed by atoms with Crippen LogP contribution in [-0.2, 0) is 10.2 Å². The minimum absolute atomic E-state index is 0.0356. The molecular weight excluding hydrogens is 398 g/mol. The first-order chi connectivity index (χ1) is 14.0. The maximum absolute atomic E-state index is 13.9. The number of nitrogens with zero attached hydrogens (tertiary/aromatic N) is 1. The van der Waals surface area contributed by atoms with Crippen molar-refractivity contribution in [2.45, 2.75) is 90.7 Å². The molecule has 0 aliphatic heterocycles. The number of aliphatic hydroxyl groups excluding tert-OH is 1. The summed E-state index contributed by atoms with van der Waals surface area (Å²) in [4.78, 5) is 29.0. The van der Waals surface area contributed by atoms with Crippen LogP contribution in [0.4, 0.5) is 5.69 Å². The van der Waals surface area contributed by atoms with E-state index in [1.54, 1.807) is 4.90 Å². The number of anilines is 1. The molecule has 0 radical (unpaired) electrons. The van der Waals surface area contributed by atoms with Crippen LogP contribution in [0, 0.1) is 11.8 Å². The van der Waals surface area contributed by atoms with Crippen LogP contribution in [0.15, 0.2) is 17.7 Å². The summed E-state index contributed by atoms with van der Waals surface area (Å²) in [5.41, 5.74) is 1.67. The highest BCUT2D eigenvalue weighted by atomic mass is 32.1. The highest BCUT2D eigenvalue weighted by molar-refractivity contribution is 7.14. The zero-order valence-electron chi connectivity index (χ0n) is 18.8. The fourth-order valence-electron chi connectivity index (χ4n) is 4.71. The first kappa shape index (κ1) is 23.0. The minimum atomic E-state index is -0.980. The van der Waals surface area contributed by atoms with Crippen molar-refractivity contribution in [3.8, 4) is 0 Å². The number of aliphatic hydroxyl groups is 1. The van der Waals surface area contributed by atoms with Gasteiger partial charge in [0, 0.05) is 16.8 Å². The smallest absolute Gasteiger partial charge is 0.348 e. The number of aromatic carboxylic acids is 1. The van der Waals surface area contributed by atoms with E-state index in [9.17, 15) is 19.8 Å². The van der Waals surface area contributed by atoms with E-state index in [2.05, 4.69) is 40.7 Å². The van der Waals surface area contributed by atoms with Gasteiger partial charge in [0.2, 0.25) is 5.91 Å². The summed E-state index contributed by atoms with van der Waals surface area (Å²) in [7, 11) is 0. The lowest BCUT2D eigenvalue weighted by atomic mass is 9.79. The zero-order valence-corrected chi connectivity index (χ0v) is 19.6. The predicted molar refractivity (Wildman–Crippen MR) is 121 cm³/mol. The second-order valence-corrected chi connectivity index (χ2v) is 11.2. The van der Waals surface area contributed by atoms with Crippen molar-refractivity contribution in [2.75, 3.05) is 4.90 Å². The maximum Gasteiger partial charge on any atom is 0.348 e. The number of hydrogen-bond donors (Lipinski definition) is 2. The van der Waals surface area contributed by atoms with E-state index in [1.807, 2.05) is 6.07 Å². The number of carbonyl (C=O) groups is 2. The number of amides is 1. The van der Waals surface area contributed by atoms with Crippen LogP contribution in [0.3, 0.4) is 0 Å². The SMILES string of the molecule is CC1=CC[C@@H](C(=O)N(c2cc(C(C)(C)C)sc2C(=O)O)C2CCC(O)CC2)[C@H](C)C1. The molecule has 1 saturated carbocycles. The molecule has 2 N–H and O–H groups in total. The van der Waals surface area contributed by atoms with Crippen molar-refractivity contribution in [3.63, 3.8) is 0 Å². The zero-order chi connectivity index (χ0) is 22.2. The van der Waals surface area contributed by atoms with Gasteiger partial charge in [-0.15, -0.1) is 11.3 Å². The van der Waals surface area contributed by atoms with Crippen LogP contribution in [0.5, 0.6) is 0 Å². The molecule has 0 unspecified atom stereocenters. The maximum atomic E-state index is 13.9. The molecule has 2 aliphatic rings. The van der Waals surface area contributed by atoms with Crippen molar-refractivity contribution in [2.24, 2.45) is 11.8 Å². The number of hydrogen-bond acceptors (Lipinski definition) is 4. The molecule has 0 spiro atoms. The third kappa shape index (κ3) is 4.80. The van der Waals surface area contributed by atoms with Gasteiger partial charge in [0.25, 0.3) is 0 Å². The Morgan fingerprint density at radius 2 is 1.80 bits per heavy atom. The molecule has 1 aromatic rings. The van der Waals surface area contributed by atoms with E-state index in [-0.39, 0.29) is 40.2 Å². The first-order valence-corrected chi connectivity index (χ1v) is 11.8. The van der Waals surface area contributed by atoms with Gasteiger partial charge in [-0.05, 0) is 62.8 Å². The lowest BCUT2D eigenvalue weighted by Gasteiger charge is -2.39. The number of carbonyl (C=O) groups excluding carboxylic acids is 1. The molecule has 2 atom stereocenters. The van der Waals surface area contributed by atoms with E-state index in [4.69, 9.17) is 0 Å². The average Bonchev–Trinajstić information content (AvgIpc) is 3.09. The van der Waals surface area contributed by atoms with Crippen molar-refractivity contribution in [3.05, 3.63) is 27.5 Å². The van der Waals surface area contributed by atoms with Gasteiger partial charge in [0.05, 0.1) is 11.8 Å². The van der Waals surface area contributed by atoms with Crippen LogP contribution in [0.1, 0.15) is 87.7 Å². The van der Waals surface area contributed by atoms with Gasteiger partial charge >= 0.3 is 5.97 Å². The Hall–Kier alpha value is -1.66. The van der Waals surface area contributed by atoms with Crippen LogP contribution in [0.2, 0.25) is 0 Å². The van der Waals surface area contributed by atoms with Gasteiger partial charge in [-0.2, -0.15) is 0 Å². The molecule has 1 amide bonds. The van der Waals surface area contributed by atoms with Gasteiger partial charge in [0.15, 0.2) is 0 Å². The highest BCUT2D eigenvalue weighted by Gasteiger charge is 2.39. The second kappa shape index (κ2) is 8.83. The number of carboxylic acids is 1. The molecule has 0 bridgehead atoms. The quantitative estimate of drug-likeness (QED) is 0.626. The summed E-state index contributed by atoms with van der Waals surface area (Å²) >= 11 is 1.28. The summed E-state index contributed by atoms with van der Waals surface area (Å²) in [6.45, 7) is 10.4. The highest BCUT2D eigenvalue weighted by Crippen LogP contribution is 2.42. The summed E-state index contributed by atoms with van der Waals surface area (Å²) in [5.74, 6) is -0.853. The Balaban J connectivity index is 2.05. The van der Waals surface area contributed by atoms with Gasteiger partial charge in [-0.25, -0.2) is 4.79 Å². The van der Waals surface area contributed by atoms with E-state index < -0.39 is 5.97 Å². The summed E-state index contributed by atoms with van der Waals surface area (Å²) in [6.07, 6.45) is 6.11.